The maximum atomic E-state index is 13.2. The fourth-order valence-corrected chi connectivity index (χ4v) is 5.79. The third-order valence-electron chi connectivity index (χ3n) is 5.78. The summed E-state index contributed by atoms with van der Waals surface area (Å²) in [6.07, 6.45) is 1.44. The van der Waals surface area contributed by atoms with E-state index < -0.39 is 17.7 Å². The van der Waals surface area contributed by atoms with Gasteiger partial charge in [-0.2, -0.15) is 0 Å². The van der Waals surface area contributed by atoms with E-state index >= 15 is 0 Å². The van der Waals surface area contributed by atoms with Gasteiger partial charge in [-0.25, -0.2) is 4.39 Å². The predicted octanol–water partition coefficient (Wildman–Crippen LogP) is 5.81. The van der Waals surface area contributed by atoms with Crippen LogP contribution in [0.3, 0.4) is 0 Å². The number of nitrogens with zero attached hydrogens (tertiary/aromatic N) is 3. The maximum absolute atomic E-state index is 13.2. The first-order valence-electron chi connectivity index (χ1n) is 11.0. The molecule has 1 fully saturated rings. The molecular weight excluding hydrogens is 501 g/mol. The number of amides is 1. The van der Waals surface area contributed by atoms with Gasteiger partial charge >= 0.3 is 5.91 Å². The second-order valence-electron chi connectivity index (χ2n) is 8.27. The van der Waals surface area contributed by atoms with Gasteiger partial charge in [-0.15, -0.1) is 10.2 Å². The van der Waals surface area contributed by atoms with E-state index in [1.165, 1.54) is 35.1 Å². The molecule has 1 unspecified atom stereocenters. The highest BCUT2D eigenvalue weighted by molar-refractivity contribution is 8.00. The zero-order valence-corrected chi connectivity index (χ0v) is 20.9. The second-order valence-corrected chi connectivity index (χ2v) is 10.4. The minimum absolute atomic E-state index is 0.0700. The Morgan fingerprint density at radius 3 is 2.64 bits per heavy atom. The van der Waals surface area contributed by atoms with Crippen LogP contribution in [0.15, 0.2) is 75.2 Å². The molecule has 0 bridgehead atoms. The highest BCUT2D eigenvalue weighted by atomic mass is 32.2. The number of thioether (sulfide) groups is 1. The van der Waals surface area contributed by atoms with E-state index in [0.29, 0.717) is 21.4 Å². The Kier molecular flexibility index (Phi) is 6.46. The van der Waals surface area contributed by atoms with Crippen molar-refractivity contribution in [1.29, 1.82) is 0 Å². The Labute approximate surface area is 214 Å². The van der Waals surface area contributed by atoms with Crippen molar-refractivity contribution < 1.29 is 23.5 Å². The quantitative estimate of drug-likeness (QED) is 0.113. The molecule has 0 aliphatic carbocycles. The van der Waals surface area contributed by atoms with Crippen LogP contribution >= 0.6 is 23.1 Å². The average Bonchev–Trinajstić information content (AvgIpc) is 3.61. The van der Waals surface area contributed by atoms with Crippen LogP contribution in [-0.2, 0) is 15.3 Å². The van der Waals surface area contributed by atoms with Gasteiger partial charge in [0.15, 0.2) is 4.34 Å². The molecule has 2 aromatic carbocycles. The summed E-state index contributed by atoms with van der Waals surface area (Å²) < 4.78 is 19.3. The van der Waals surface area contributed by atoms with Crippen LogP contribution in [0.1, 0.15) is 34.1 Å². The third kappa shape index (κ3) is 4.45. The van der Waals surface area contributed by atoms with E-state index in [4.69, 9.17) is 4.42 Å². The predicted molar refractivity (Wildman–Crippen MR) is 135 cm³/mol. The molecule has 7 nitrogen and oxygen atoms in total. The Balaban J connectivity index is 1.52. The number of hydrogen-bond acceptors (Lipinski definition) is 8. The monoisotopic (exact) mass is 521 g/mol. The molecule has 182 valence electrons. The van der Waals surface area contributed by atoms with Crippen molar-refractivity contribution in [3.63, 3.8) is 0 Å². The SMILES string of the molecule is Cc1ccc(C)c(/C(O)=C2\C(=O)C(=O)N(c3nnc(SCc4ccc(F)cc4)s3)C2c2ccco2)c1. The second kappa shape index (κ2) is 9.71. The summed E-state index contributed by atoms with van der Waals surface area (Å²) in [4.78, 5) is 27.7. The molecule has 10 heteroatoms. The summed E-state index contributed by atoms with van der Waals surface area (Å²) in [5.74, 6) is -1.39. The number of Topliss-reactive ketones (excluding diaryl/α,β-unsaturated/α-hetero) is 1. The molecule has 0 radical (unpaired) electrons. The van der Waals surface area contributed by atoms with Gasteiger partial charge < -0.3 is 9.52 Å². The van der Waals surface area contributed by atoms with Gasteiger partial charge in [0.2, 0.25) is 5.13 Å². The van der Waals surface area contributed by atoms with Crippen molar-refractivity contribution in [2.45, 2.75) is 30.0 Å². The van der Waals surface area contributed by atoms with E-state index in [2.05, 4.69) is 10.2 Å². The number of aryl methyl sites for hydroxylation is 2. The summed E-state index contributed by atoms with van der Waals surface area (Å²) in [6.45, 7) is 3.70. The molecule has 1 aliphatic heterocycles. The maximum Gasteiger partial charge on any atom is 0.302 e. The molecule has 2 aromatic heterocycles. The van der Waals surface area contributed by atoms with E-state index in [-0.39, 0.29) is 22.3 Å². The van der Waals surface area contributed by atoms with Crippen LogP contribution in [0.25, 0.3) is 5.76 Å². The molecule has 4 aromatic rings. The van der Waals surface area contributed by atoms with Crippen LogP contribution in [0.2, 0.25) is 0 Å². The van der Waals surface area contributed by atoms with Crippen LogP contribution in [0.4, 0.5) is 9.52 Å². The Morgan fingerprint density at radius 1 is 1.14 bits per heavy atom. The lowest BCUT2D eigenvalue weighted by Crippen LogP contribution is -2.29. The largest absolute Gasteiger partial charge is 0.507 e. The van der Waals surface area contributed by atoms with Crippen molar-refractivity contribution in [3.8, 4) is 0 Å². The molecule has 3 heterocycles. The smallest absolute Gasteiger partial charge is 0.302 e. The first kappa shape index (κ1) is 24.0. The van der Waals surface area contributed by atoms with Crippen molar-refractivity contribution >= 4 is 45.7 Å². The third-order valence-corrected chi connectivity index (χ3v) is 7.91. The van der Waals surface area contributed by atoms with E-state index in [0.717, 1.165) is 28.0 Å². The summed E-state index contributed by atoms with van der Waals surface area (Å²) in [6, 6.07) is 14.0. The van der Waals surface area contributed by atoms with E-state index in [1.54, 1.807) is 30.3 Å². The van der Waals surface area contributed by atoms with Crippen molar-refractivity contribution in [1.82, 2.24) is 10.2 Å². The minimum Gasteiger partial charge on any atom is -0.507 e. The number of aromatic nitrogens is 2. The zero-order valence-electron chi connectivity index (χ0n) is 19.3. The lowest BCUT2D eigenvalue weighted by Gasteiger charge is -2.20. The number of hydrogen-bond donors (Lipinski definition) is 1. The standard InChI is InChI=1S/C26H20FN3O4S2/c1-14-5-6-15(2)18(12-14)22(31)20-21(19-4-3-11-34-19)30(24(33)23(20)32)25-28-29-26(36-25)35-13-16-7-9-17(27)10-8-16/h3-12,21,31H,13H2,1-2H3/b22-20+. The van der Waals surface area contributed by atoms with Crippen LogP contribution in [-0.4, -0.2) is 27.0 Å². The molecule has 1 amide bonds. The summed E-state index contributed by atoms with van der Waals surface area (Å²) in [5.41, 5.74) is 2.97. The van der Waals surface area contributed by atoms with Gasteiger partial charge in [-0.3, -0.25) is 14.5 Å². The Hall–Kier alpha value is -3.76. The minimum atomic E-state index is -0.997. The van der Waals surface area contributed by atoms with Crippen LogP contribution < -0.4 is 4.90 Å². The van der Waals surface area contributed by atoms with Crippen LogP contribution in [0.5, 0.6) is 0 Å². The first-order chi connectivity index (χ1) is 17.3. The summed E-state index contributed by atoms with van der Waals surface area (Å²) in [7, 11) is 0. The molecule has 5 rings (SSSR count). The number of rotatable bonds is 6. The van der Waals surface area contributed by atoms with Crippen LogP contribution in [0, 0.1) is 19.7 Å². The van der Waals surface area contributed by atoms with Crippen molar-refractivity contribution in [2.24, 2.45) is 0 Å². The van der Waals surface area contributed by atoms with Crippen molar-refractivity contribution in [2.75, 3.05) is 4.90 Å². The number of anilines is 1. The fraction of sp³-hybridized carbons (Fsp3) is 0.154. The zero-order chi connectivity index (χ0) is 25.4. The fourth-order valence-electron chi connectivity index (χ4n) is 3.97. The van der Waals surface area contributed by atoms with Gasteiger partial charge in [0.05, 0.1) is 11.8 Å². The summed E-state index contributed by atoms with van der Waals surface area (Å²) in [5, 5.41) is 19.8. The van der Waals surface area contributed by atoms with E-state index in [9.17, 15) is 19.1 Å². The van der Waals surface area contributed by atoms with Gasteiger partial charge in [0.25, 0.3) is 5.78 Å². The highest BCUT2D eigenvalue weighted by Gasteiger charge is 2.49. The Bertz CT molecular complexity index is 1480. The van der Waals surface area contributed by atoms with Gasteiger partial charge in [0, 0.05) is 11.3 Å². The number of aliphatic hydroxyl groups is 1. The number of carbonyl (C=O) groups is 2. The Morgan fingerprint density at radius 2 is 1.92 bits per heavy atom. The number of carbonyl (C=O) groups excluding carboxylic acids is 2. The lowest BCUT2D eigenvalue weighted by molar-refractivity contribution is -0.132. The van der Waals surface area contributed by atoms with Gasteiger partial charge in [-0.1, -0.05) is 52.9 Å². The number of furan rings is 1. The normalized spacial score (nSPS) is 17.2. The van der Waals surface area contributed by atoms with Crippen molar-refractivity contribution in [3.05, 3.63) is 100 Å². The molecule has 1 atom stereocenters. The first-order valence-corrected chi connectivity index (χ1v) is 12.8. The number of benzene rings is 2. The molecule has 0 spiro atoms. The lowest BCUT2D eigenvalue weighted by atomic mass is 9.96. The van der Waals surface area contributed by atoms with Gasteiger partial charge in [0.1, 0.15) is 23.4 Å². The molecule has 1 aliphatic rings. The number of halogens is 1. The molecule has 36 heavy (non-hydrogen) atoms. The molecule has 0 saturated carbocycles. The molecule has 1 saturated heterocycles. The van der Waals surface area contributed by atoms with Gasteiger partial charge in [-0.05, 0) is 55.3 Å². The molecular formula is C26H20FN3O4S2. The average molecular weight is 522 g/mol. The highest BCUT2D eigenvalue weighted by Crippen LogP contribution is 2.44. The van der Waals surface area contributed by atoms with E-state index in [1.807, 2.05) is 26.0 Å². The number of aliphatic hydroxyl groups excluding tert-OH is 1. The molecule has 1 N–H and O–H groups in total. The summed E-state index contributed by atoms with van der Waals surface area (Å²) >= 11 is 2.53. The topological polar surface area (TPSA) is 96.5 Å². The number of ketones is 1.